The molecule has 0 N–H and O–H groups in total. The van der Waals surface area contributed by atoms with E-state index in [4.69, 9.17) is 14.2 Å². The van der Waals surface area contributed by atoms with E-state index in [1.807, 2.05) is 42.5 Å². The van der Waals surface area contributed by atoms with Gasteiger partial charge in [0.15, 0.2) is 0 Å². The maximum Gasteiger partial charge on any atom is 0.416 e. The number of rotatable bonds is 7. The molecule has 5 rings (SSSR count). The lowest BCUT2D eigenvalue weighted by Gasteiger charge is -2.35. The molecular weight excluding hydrogens is 479 g/mol. The number of ether oxygens (including phenoxy) is 3. The molecule has 0 amide bonds. The molecule has 0 bridgehead atoms. The Bertz CT molecular complexity index is 1190. The van der Waals surface area contributed by atoms with E-state index in [0.717, 1.165) is 42.6 Å². The number of halogens is 3. The van der Waals surface area contributed by atoms with Crippen molar-refractivity contribution >= 4 is 0 Å². The summed E-state index contributed by atoms with van der Waals surface area (Å²) in [5.41, 5.74) is 1.87. The SMILES string of the molecule is COc1ccc2c(c1)OC[C@H](c1cccc(C(F)(F)F)c1)[C@@H]2c1ccc(OCCN2CCCCC2)cc1. The van der Waals surface area contributed by atoms with E-state index in [1.165, 1.54) is 31.4 Å². The molecule has 37 heavy (non-hydrogen) atoms. The molecule has 3 aromatic rings. The number of hydrogen-bond donors (Lipinski definition) is 0. The van der Waals surface area contributed by atoms with E-state index in [9.17, 15) is 13.2 Å². The molecule has 0 spiro atoms. The van der Waals surface area contributed by atoms with Gasteiger partial charge in [0.1, 0.15) is 23.9 Å². The second kappa shape index (κ2) is 11.1. The monoisotopic (exact) mass is 511 g/mol. The van der Waals surface area contributed by atoms with Crippen molar-refractivity contribution in [3.05, 3.63) is 89.0 Å². The van der Waals surface area contributed by atoms with Crippen molar-refractivity contribution in [2.75, 3.05) is 40.0 Å². The van der Waals surface area contributed by atoms with Crippen molar-refractivity contribution in [1.82, 2.24) is 4.90 Å². The predicted molar refractivity (Wildman–Crippen MR) is 137 cm³/mol. The molecule has 4 nitrogen and oxygen atoms in total. The van der Waals surface area contributed by atoms with Crippen LogP contribution in [0.3, 0.4) is 0 Å². The molecule has 2 aliphatic rings. The van der Waals surface area contributed by atoms with Crippen LogP contribution in [0.4, 0.5) is 13.2 Å². The van der Waals surface area contributed by atoms with Gasteiger partial charge >= 0.3 is 6.18 Å². The Morgan fingerprint density at radius 3 is 2.38 bits per heavy atom. The summed E-state index contributed by atoms with van der Waals surface area (Å²) in [6, 6.07) is 19.2. The van der Waals surface area contributed by atoms with Crippen molar-refractivity contribution in [1.29, 1.82) is 0 Å². The third kappa shape index (κ3) is 5.87. The maximum atomic E-state index is 13.5. The Hall–Kier alpha value is -3.19. The van der Waals surface area contributed by atoms with Crippen LogP contribution in [-0.2, 0) is 6.18 Å². The van der Waals surface area contributed by atoms with Crippen LogP contribution >= 0.6 is 0 Å². The maximum absolute atomic E-state index is 13.5. The van der Waals surface area contributed by atoms with Gasteiger partial charge < -0.3 is 14.2 Å². The van der Waals surface area contributed by atoms with E-state index < -0.39 is 11.7 Å². The van der Waals surface area contributed by atoms with Gasteiger partial charge in [0.25, 0.3) is 0 Å². The van der Waals surface area contributed by atoms with Crippen molar-refractivity contribution in [2.24, 2.45) is 0 Å². The third-order valence-corrected chi connectivity index (χ3v) is 7.38. The number of benzene rings is 3. The van der Waals surface area contributed by atoms with Crippen LogP contribution in [0, 0.1) is 0 Å². The Labute approximate surface area is 216 Å². The van der Waals surface area contributed by atoms with Crippen LogP contribution in [0.25, 0.3) is 0 Å². The zero-order valence-electron chi connectivity index (χ0n) is 21.0. The van der Waals surface area contributed by atoms with Crippen molar-refractivity contribution in [3.63, 3.8) is 0 Å². The summed E-state index contributed by atoms with van der Waals surface area (Å²) < 4.78 is 57.9. The zero-order chi connectivity index (χ0) is 25.8. The van der Waals surface area contributed by atoms with Crippen LogP contribution in [0.5, 0.6) is 17.2 Å². The molecule has 7 heteroatoms. The number of fused-ring (bicyclic) bond motifs is 1. The fraction of sp³-hybridized carbons (Fsp3) is 0.400. The van der Waals surface area contributed by atoms with E-state index in [-0.39, 0.29) is 18.4 Å². The van der Waals surface area contributed by atoms with Gasteiger partial charge in [-0.1, -0.05) is 42.8 Å². The van der Waals surface area contributed by atoms with E-state index >= 15 is 0 Å². The van der Waals surface area contributed by atoms with Gasteiger partial charge in [0, 0.05) is 30.0 Å². The predicted octanol–water partition coefficient (Wildman–Crippen LogP) is 6.89. The molecule has 0 radical (unpaired) electrons. The largest absolute Gasteiger partial charge is 0.497 e. The summed E-state index contributed by atoms with van der Waals surface area (Å²) in [5, 5.41) is 0. The van der Waals surface area contributed by atoms with Gasteiger partial charge in [0.2, 0.25) is 0 Å². The number of nitrogens with zero attached hydrogens (tertiary/aromatic N) is 1. The average molecular weight is 512 g/mol. The fourth-order valence-electron chi connectivity index (χ4n) is 5.41. The number of alkyl halides is 3. The number of methoxy groups -OCH3 is 1. The molecule has 2 heterocycles. The van der Waals surface area contributed by atoms with Crippen molar-refractivity contribution in [2.45, 2.75) is 37.3 Å². The van der Waals surface area contributed by atoms with Gasteiger partial charge in [-0.2, -0.15) is 13.2 Å². The lowest BCUT2D eigenvalue weighted by molar-refractivity contribution is -0.137. The van der Waals surface area contributed by atoms with Crippen molar-refractivity contribution < 1.29 is 27.4 Å². The summed E-state index contributed by atoms with van der Waals surface area (Å²) in [5.74, 6) is 1.69. The summed E-state index contributed by atoms with van der Waals surface area (Å²) in [6.45, 7) is 4.07. The summed E-state index contributed by atoms with van der Waals surface area (Å²) in [7, 11) is 1.59. The first-order chi connectivity index (χ1) is 17.9. The quantitative estimate of drug-likeness (QED) is 0.346. The molecule has 2 atom stereocenters. The van der Waals surface area contributed by atoms with Gasteiger partial charge in [0.05, 0.1) is 19.3 Å². The average Bonchev–Trinajstić information content (AvgIpc) is 2.93. The Morgan fingerprint density at radius 2 is 1.65 bits per heavy atom. The van der Waals surface area contributed by atoms with Gasteiger partial charge in [-0.25, -0.2) is 0 Å². The van der Waals surface area contributed by atoms with Crippen LogP contribution in [0.15, 0.2) is 66.7 Å². The molecule has 0 unspecified atom stereocenters. The number of hydrogen-bond acceptors (Lipinski definition) is 4. The molecule has 3 aromatic carbocycles. The van der Waals surface area contributed by atoms with Crippen molar-refractivity contribution in [3.8, 4) is 17.2 Å². The highest BCUT2D eigenvalue weighted by molar-refractivity contribution is 5.51. The number of likely N-dealkylation sites (tertiary alicyclic amines) is 1. The minimum absolute atomic E-state index is 0.180. The Morgan fingerprint density at radius 1 is 0.892 bits per heavy atom. The van der Waals surface area contributed by atoms with E-state index in [0.29, 0.717) is 23.7 Å². The first-order valence-electron chi connectivity index (χ1n) is 12.9. The van der Waals surface area contributed by atoms with Crippen LogP contribution < -0.4 is 14.2 Å². The van der Waals surface area contributed by atoms with Gasteiger partial charge in [-0.05, 0) is 61.3 Å². The first-order valence-corrected chi connectivity index (χ1v) is 12.9. The van der Waals surface area contributed by atoms with E-state index in [2.05, 4.69) is 4.90 Å². The summed E-state index contributed by atoms with van der Waals surface area (Å²) in [4.78, 5) is 2.44. The second-order valence-electron chi connectivity index (χ2n) is 9.74. The normalized spacial score (nSPS) is 20.1. The molecule has 0 saturated carbocycles. The minimum atomic E-state index is -4.40. The van der Waals surface area contributed by atoms with E-state index in [1.54, 1.807) is 13.2 Å². The van der Waals surface area contributed by atoms with Crippen LogP contribution in [0.2, 0.25) is 0 Å². The lowest BCUT2D eigenvalue weighted by Crippen LogP contribution is -2.33. The molecule has 0 aromatic heterocycles. The molecule has 2 aliphatic heterocycles. The standard InChI is InChI=1S/C30H32F3NO3/c1-35-25-12-13-26-28(19-25)37-20-27(22-6-5-7-23(18-22)30(31,32)33)29(26)21-8-10-24(11-9-21)36-17-16-34-14-3-2-4-15-34/h5-13,18-19,27,29H,2-4,14-17,20H2,1H3/t27-,29-/m1/s1. The highest BCUT2D eigenvalue weighted by Crippen LogP contribution is 2.47. The molecule has 196 valence electrons. The Kier molecular flexibility index (Phi) is 7.60. The number of piperidine rings is 1. The van der Waals surface area contributed by atoms with Crippen LogP contribution in [-0.4, -0.2) is 44.9 Å². The first kappa shape index (κ1) is 25.5. The van der Waals surface area contributed by atoms with Crippen LogP contribution in [0.1, 0.15) is 53.4 Å². The topological polar surface area (TPSA) is 30.9 Å². The zero-order valence-corrected chi connectivity index (χ0v) is 21.0. The Balaban J connectivity index is 1.41. The highest BCUT2D eigenvalue weighted by Gasteiger charge is 2.36. The van der Waals surface area contributed by atoms with Gasteiger partial charge in [-0.3, -0.25) is 4.90 Å². The summed E-state index contributed by atoms with van der Waals surface area (Å²) >= 11 is 0. The lowest BCUT2D eigenvalue weighted by atomic mass is 9.75. The molecule has 1 saturated heterocycles. The third-order valence-electron chi connectivity index (χ3n) is 7.38. The minimum Gasteiger partial charge on any atom is -0.497 e. The molecule has 0 aliphatic carbocycles. The molecule has 1 fully saturated rings. The second-order valence-corrected chi connectivity index (χ2v) is 9.74. The smallest absolute Gasteiger partial charge is 0.416 e. The molecular formula is C30H32F3NO3. The fourth-order valence-corrected chi connectivity index (χ4v) is 5.41. The highest BCUT2D eigenvalue weighted by atomic mass is 19.4. The summed E-state index contributed by atoms with van der Waals surface area (Å²) in [6.07, 6.45) is -0.595. The van der Waals surface area contributed by atoms with Gasteiger partial charge in [-0.15, -0.1) is 0 Å².